The summed E-state index contributed by atoms with van der Waals surface area (Å²) in [4.78, 5) is 12.9. The number of amides is 1. The Morgan fingerprint density at radius 3 is 2.07 bits per heavy atom. The zero-order valence-corrected chi connectivity index (χ0v) is 25.0. The van der Waals surface area contributed by atoms with Gasteiger partial charge in [0.25, 0.3) is 5.91 Å². The lowest BCUT2D eigenvalue weighted by atomic mass is 10.1. The Labute approximate surface area is 253 Å². The van der Waals surface area contributed by atoms with E-state index in [0.717, 1.165) is 22.3 Å². The molecule has 0 aromatic heterocycles. The summed E-state index contributed by atoms with van der Waals surface area (Å²) in [5.41, 5.74) is 5.28. The summed E-state index contributed by atoms with van der Waals surface area (Å²) in [7, 11) is 0. The van der Waals surface area contributed by atoms with E-state index >= 15 is 0 Å². The molecule has 1 N–H and O–H groups in total. The third-order valence-electron chi connectivity index (χ3n) is 6.74. The van der Waals surface area contributed by atoms with E-state index in [1.807, 2.05) is 100 Å². The number of hydrogen-bond donors (Lipinski definition) is 1. The van der Waals surface area contributed by atoms with E-state index in [4.69, 9.17) is 18.9 Å². The maximum atomic E-state index is 12.9. The van der Waals surface area contributed by atoms with Crippen LogP contribution in [0.25, 0.3) is 6.08 Å². The van der Waals surface area contributed by atoms with Crippen molar-refractivity contribution in [2.45, 2.75) is 40.9 Å². The van der Waals surface area contributed by atoms with Crippen LogP contribution >= 0.6 is 0 Å². The Hall–Kier alpha value is -5.22. The molecule has 0 fully saturated rings. The molecular formula is C36H36N2O5. The number of benzene rings is 4. The summed E-state index contributed by atoms with van der Waals surface area (Å²) >= 11 is 0. The largest absolute Gasteiger partial charge is 0.490 e. The fourth-order valence-electron chi connectivity index (χ4n) is 4.32. The summed E-state index contributed by atoms with van der Waals surface area (Å²) in [5.74, 6) is 1.88. The van der Waals surface area contributed by atoms with Gasteiger partial charge in [0, 0.05) is 5.69 Å². The molecule has 43 heavy (non-hydrogen) atoms. The van der Waals surface area contributed by atoms with Gasteiger partial charge in [0.1, 0.15) is 24.9 Å². The first-order chi connectivity index (χ1) is 20.9. The summed E-state index contributed by atoms with van der Waals surface area (Å²) in [6.07, 6.45) is 1.54. The van der Waals surface area contributed by atoms with Gasteiger partial charge >= 0.3 is 0 Å². The van der Waals surface area contributed by atoms with E-state index in [9.17, 15) is 10.1 Å². The van der Waals surface area contributed by atoms with Crippen molar-refractivity contribution in [3.05, 3.63) is 118 Å². The van der Waals surface area contributed by atoms with Crippen LogP contribution in [0.1, 0.15) is 41.7 Å². The molecule has 7 nitrogen and oxygen atoms in total. The van der Waals surface area contributed by atoms with Crippen LogP contribution in [0.5, 0.6) is 23.0 Å². The zero-order valence-electron chi connectivity index (χ0n) is 25.0. The maximum Gasteiger partial charge on any atom is 0.266 e. The number of ether oxygens (including phenoxy) is 4. The van der Waals surface area contributed by atoms with Crippen LogP contribution in [0.15, 0.2) is 90.5 Å². The molecule has 7 heteroatoms. The van der Waals surface area contributed by atoms with Crippen molar-refractivity contribution in [3.8, 4) is 29.1 Å². The number of anilines is 1. The number of nitrogens with one attached hydrogen (secondary N) is 1. The predicted octanol–water partition coefficient (Wildman–Crippen LogP) is 7.80. The highest BCUT2D eigenvalue weighted by Gasteiger charge is 2.14. The predicted molar refractivity (Wildman–Crippen MR) is 168 cm³/mol. The highest BCUT2D eigenvalue weighted by molar-refractivity contribution is 6.10. The molecule has 0 unspecified atom stereocenters. The molecular weight excluding hydrogens is 540 g/mol. The molecule has 220 valence electrons. The number of hydrogen-bond acceptors (Lipinski definition) is 6. The van der Waals surface area contributed by atoms with Crippen molar-refractivity contribution in [2.75, 3.05) is 18.5 Å². The SMILES string of the molecule is CCOc1cc(/C=C(/C#N)C(=O)Nc2cccc(C)c2C)ccc1OCc1ccc(OCc2ccccc2)c(OCC)c1. The standard InChI is InChI=1S/C36H36N2O5/c1-5-40-34-20-28(19-30(22-37)36(39)38-31-14-10-11-25(3)26(31)4)15-17-32(34)43-24-29-16-18-33(35(21-29)41-6-2)42-23-27-12-8-7-9-13-27/h7-21H,5-6,23-24H2,1-4H3,(H,38,39)/b30-19-. The van der Waals surface area contributed by atoms with Gasteiger partial charge in [-0.25, -0.2) is 0 Å². The lowest BCUT2D eigenvalue weighted by Crippen LogP contribution is -2.14. The van der Waals surface area contributed by atoms with Gasteiger partial charge < -0.3 is 24.3 Å². The summed E-state index contributed by atoms with van der Waals surface area (Å²) in [6.45, 7) is 9.35. The molecule has 0 atom stereocenters. The lowest BCUT2D eigenvalue weighted by molar-refractivity contribution is -0.112. The lowest BCUT2D eigenvalue weighted by Gasteiger charge is -2.15. The van der Waals surface area contributed by atoms with Gasteiger partial charge in [0.2, 0.25) is 0 Å². The number of carbonyl (C=O) groups is 1. The van der Waals surface area contributed by atoms with Crippen LogP contribution in [0, 0.1) is 25.2 Å². The molecule has 0 radical (unpaired) electrons. The van der Waals surface area contributed by atoms with Crippen LogP contribution in [-0.2, 0) is 18.0 Å². The van der Waals surface area contributed by atoms with Crippen LogP contribution in [0.2, 0.25) is 0 Å². The molecule has 4 aromatic rings. The monoisotopic (exact) mass is 576 g/mol. The molecule has 4 aromatic carbocycles. The minimum absolute atomic E-state index is 0.0185. The van der Waals surface area contributed by atoms with Crippen molar-refractivity contribution < 1.29 is 23.7 Å². The van der Waals surface area contributed by atoms with Crippen molar-refractivity contribution in [2.24, 2.45) is 0 Å². The normalized spacial score (nSPS) is 10.9. The van der Waals surface area contributed by atoms with Crippen molar-refractivity contribution in [3.63, 3.8) is 0 Å². The van der Waals surface area contributed by atoms with E-state index < -0.39 is 5.91 Å². The van der Waals surface area contributed by atoms with E-state index in [-0.39, 0.29) is 12.2 Å². The Morgan fingerprint density at radius 1 is 0.744 bits per heavy atom. The highest BCUT2D eigenvalue weighted by Crippen LogP contribution is 2.33. The van der Waals surface area contributed by atoms with Crippen LogP contribution in [0.3, 0.4) is 0 Å². The molecule has 0 aliphatic heterocycles. The first-order valence-corrected chi connectivity index (χ1v) is 14.2. The Kier molecular flexibility index (Phi) is 10.8. The number of aryl methyl sites for hydroxylation is 1. The second-order valence-corrected chi connectivity index (χ2v) is 9.79. The minimum Gasteiger partial charge on any atom is -0.490 e. The summed E-state index contributed by atoms with van der Waals surface area (Å²) in [6, 6.07) is 28.7. The van der Waals surface area contributed by atoms with Gasteiger partial charge in [-0.15, -0.1) is 0 Å². The first kappa shape index (κ1) is 30.7. The Balaban J connectivity index is 1.47. The van der Waals surface area contributed by atoms with Crippen molar-refractivity contribution >= 4 is 17.7 Å². The number of carbonyl (C=O) groups excluding carboxylic acids is 1. The second kappa shape index (κ2) is 15.1. The van der Waals surface area contributed by atoms with Gasteiger partial charge in [-0.05, 0) is 91.9 Å². The van der Waals surface area contributed by atoms with Gasteiger partial charge in [-0.1, -0.05) is 54.6 Å². The van der Waals surface area contributed by atoms with E-state index in [0.29, 0.717) is 54.1 Å². The molecule has 0 spiro atoms. The van der Waals surface area contributed by atoms with E-state index in [1.54, 1.807) is 18.2 Å². The van der Waals surface area contributed by atoms with Crippen LogP contribution < -0.4 is 24.3 Å². The molecule has 0 bridgehead atoms. The van der Waals surface area contributed by atoms with Crippen molar-refractivity contribution in [1.29, 1.82) is 5.26 Å². The minimum atomic E-state index is -0.476. The smallest absolute Gasteiger partial charge is 0.266 e. The molecule has 0 heterocycles. The Bertz CT molecular complexity index is 1620. The third-order valence-corrected chi connectivity index (χ3v) is 6.74. The molecule has 0 saturated carbocycles. The van der Waals surface area contributed by atoms with Crippen LogP contribution in [-0.4, -0.2) is 19.1 Å². The van der Waals surface area contributed by atoms with Gasteiger partial charge in [0.15, 0.2) is 23.0 Å². The molecule has 0 aliphatic rings. The van der Waals surface area contributed by atoms with Gasteiger partial charge in [0.05, 0.1) is 13.2 Å². The fraction of sp³-hybridized carbons (Fsp3) is 0.222. The van der Waals surface area contributed by atoms with Crippen LogP contribution in [0.4, 0.5) is 5.69 Å². The van der Waals surface area contributed by atoms with Crippen molar-refractivity contribution in [1.82, 2.24) is 0 Å². The third kappa shape index (κ3) is 8.40. The number of rotatable bonds is 13. The van der Waals surface area contributed by atoms with Gasteiger partial charge in [-0.3, -0.25) is 4.79 Å². The van der Waals surface area contributed by atoms with Gasteiger partial charge in [-0.2, -0.15) is 5.26 Å². The topological polar surface area (TPSA) is 89.8 Å². The average molecular weight is 577 g/mol. The van der Waals surface area contributed by atoms with E-state index in [2.05, 4.69) is 5.32 Å². The quantitative estimate of drug-likeness (QED) is 0.129. The number of nitrogens with zero attached hydrogens (tertiary/aromatic N) is 1. The average Bonchev–Trinajstić information content (AvgIpc) is 3.02. The molecule has 0 saturated heterocycles. The summed E-state index contributed by atoms with van der Waals surface area (Å²) < 4.78 is 23.8. The maximum absolute atomic E-state index is 12.9. The first-order valence-electron chi connectivity index (χ1n) is 14.2. The highest BCUT2D eigenvalue weighted by atomic mass is 16.5. The second-order valence-electron chi connectivity index (χ2n) is 9.79. The fourth-order valence-corrected chi connectivity index (χ4v) is 4.32. The molecule has 1 amide bonds. The molecule has 0 aliphatic carbocycles. The zero-order chi connectivity index (χ0) is 30.6. The van der Waals surface area contributed by atoms with E-state index in [1.165, 1.54) is 6.08 Å². The summed E-state index contributed by atoms with van der Waals surface area (Å²) in [5, 5.41) is 12.6. The Morgan fingerprint density at radius 2 is 1.40 bits per heavy atom. The molecule has 4 rings (SSSR count). The number of nitriles is 1.